The van der Waals surface area contributed by atoms with E-state index in [1.165, 1.54) is 102 Å². The number of pyridine rings is 1. The second-order valence-corrected chi connectivity index (χ2v) is 30.1. The van der Waals surface area contributed by atoms with Crippen molar-refractivity contribution in [2.24, 2.45) is 0 Å². The highest BCUT2D eigenvalue weighted by Crippen LogP contribution is 2.48. The summed E-state index contributed by atoms with van der Waals surface area (Å²) >= 11 is 14.0. The molecule has 0 saturated heterocycles. The van der Waals surface area contributed by atoms with E-state index in [2.05, 4.69) is 296 Å². The van der Waals surface area contributed by atoms with Gasteiger partial charge in [0.2, 0.25) is 0 Å². The lowest BCUT2D eigenvalue weighted by Gasteiger charge is -2.26. The molecule has 2 heterocycles. The Labute approximate surface area is 479 Å². The predicted molar refractivity (Wildman–Crippen MR) is 358 cm³/mol. The summed E-state index contributed by atoms with van der Waals surface area (Å²) < 4.78 is 2.42. The van der Waals surface area contributed by atoms with Crippen LogP contribution in [-0.2, 0) is 23.6 Å². The van der Waals surface area contributed by atoms with E-state index in [4.69, 9.17) is 28.6 Å². The Morgan fingerprint density at radius 3 is 1.42 bits per heavy atom. The number of imidazole rings is 1. The van der Waals surface area contributed by atoms with E-state index >= 15 is 0 Å². The molecule has 14 aromatic carbocycles. The van der Waals surface area contributed by atoms with Crippen molar-refractivity contribution in [3.63, 3.8) is 0 Å². The fourth-order valence-electron chi connectivity index (χ4n) is 12.8. The monoisotopic (exact) mass is 1100 g/mol. The third kappa shape index (κ3) is 7.63. The van der Waals surface area contributed by atoms with Crippen LogP contribution in [0.1, 0.15) is 0 Å². The van der Waals surface area contributed by atoms with Crippen LogP contribution in [0.15, 0.2) is 291 Å². The molecule has 0 aliphatic carbocycles. The maximum Gasteiger partial charge on any atom is 0.147 e. The van der Waals surface area contributed by atoms with Crippen molar-refractivity contribution in [1.29, 1.82) is 0 Å². The van der Waals surface area contributed by atoms with Gasteiger partial charge in [-0.3, -0.25) is 4.40 Å². The number of fused-ring (bicyclic) bond motifs is 14. The minimum atomic E-state index is -2.50. The van der Waals surface area contributed by atoms with Crippen molar-refractivity contribution in [2.75, 3.05) is 0 Å². The Bertz CT molecular complexity index is 5250. The quantitative estimate of drug-likeness (QED) is 0.112. The van der Waals surface area contributed by atoms with Crippen molar-refractivity contribution in [1.82, 2.24) is 9.38 Å². The Balaban J connectivity index is 0.861. The van der Waals surface area contributed by atoms with Crippen molar-refractivity contribution < 1.29 is 0 Å². The van der Waals surface area contributed by atoms with Crippen LogP contribution < -0.4 is 31.8 Å². The lowest BCUT2D eigenvalue weighted by molar-refractivity contribution is 1.32. The van der Waals surface area contributed by atoms with Gasteiger partial charge in [0.25, 0.3) is 0 Å². The summed E-state index contributed by atoms with van der Waals surface area (Å²) in [6.07, 6.45) is 0. The molecule has 2 aromatic heterocycles. The first-order valence-electron chi connectivity index (χ1n) is 27.5. The molecule has 16 aromatic rings. The Morgan fingerprint density at radius 1 is 0.284 bits per heavy atom. The Hall–Kier alpha value is -8.85. The standard InChI is InChI=1S/C75H48N2P2S2/c80-78(61-35-29-49-15-7-9-18-52(49)44-61,62-36-30-50-16-8-10-19-53(50)45-62)63-37-31-55-43-54(27-28-56(55)46-63)57-34-41-70-72(47-57)77-71-48-58(33-38-67(71)69-39-32-51-17-11-12-24-65(51)74(69)75(77)76-70)64-40-42-73(68-26-14-13-25-66(64)68)79(81,59-20-3-1-4-21-59)60-22-5-2-6-23-60/h1-48H. The van der Waals surface area contributed by atoms with E-state index in [1.807, 2.05) is 0 Å². The second kappa shape index (κ2) is 18.9. The van der Waals surface area contributed by atoms with E-state index in [9.17, 15) is 0 Å². The van der Waals surface area contributed by atoms with E-state index in [0.29, 0.717) is 0 Å². The lowest BCUT2D eigenvalue weighted by atomic mass is 9.95. The van der Waals surface area contributed by atoms with Crippen LogP contribution in [0.5, 0.6) is 0 Å². The van der Waals surface area contributed by atoms with E-state index in [-0.39, 0.29) is 0 Å². The molecule has 0 bridgehead atoms. The van der Waals surface area contributed by atoms with Crippen LogP contribution >= 0.6 is 12.1 Å². The number of hydrogen-bond donors (Lipinski definition) is 0. The summed E-state index contributed by atoms with van der Waals surface area (Å²) in [7, 11) is 0. The van der Waals surface area contributed by atoms with Crippen molar-refractivity contribution >= 4 is 160 Å². The van der Waals surface area contributed by atoms with Crippen molar-refractivity contribution in [2.45, 2.75) is 0 Å². The summed E-state index contributed by atoms with van der Waals surface area (Å²) in [5.74, 6) is 0. The molecule has 16 rings (SSSR count). The molecule has 0 amide bonds. The van der Waals surface area contributed by atoms with Crippen LogP contribution in [0.4, 0.5) is 0 Å². The first-order valence-corrected chi connectivity index (χ1v) is 33.1. The van der Waals surface area contributed by atoms with Gasteiger partial charge in [0.05, 0.1) is 16.6 Å². The number of hydrogen-bond acceptors (Lipinski definition) is 3. The first-order chi connectivity index (χ1) is 39.9. The predicted octanol–water partition coefficient (Wildman–Crippen LogP) is 17.4. The maximum absolute atomic E-state index is 7.07. The highest BCUT2D eigenvalue weighted by Gasteiger charge is 2.29. The van der Waals surface area contributed by atoms with Crippen LogP contribution in [0.3, 0.4) is 0 Å². The van der Waals surface area contributed by atoms with Crippen molar-refractivity contribution in [3.8, 4) is 22.3 Å². The van der Waals surface area contributed by atoms with Crippen molar-refractivity contribution in [3.05, 3.63) is 291 Å². The molecule has 0 aliphatic rings. The average Bonchev–Trinajstić information content (AvgIpc) is 4.06. The van der Waals surface area contributed by atoms with Gasteiger partial charge in [0.1, 0.15) is 5.65 Å². The smallest absolute Gasteiger partial charge is 0.147 e. The van der Waals surface area contributed by atoms with E-state index in [0.717, 1.165) is 44.3 Å². The number of rotatable bonds is 8. The van der Waals surface area contributed by atoms with Gasteiger partial charge in [-0.2, -0.15) is 0 Å². The Kier molecular flexibility index (Phi) is 11.2. The molecule has 2 nitrogen and oxygen atoms in total. The molecule has 0 spiro atoms. The highest BCUT2D eigenvalue weighted by molar-refractivity contribution is 8.26. The second-order valence-electron chi connectivity index (χ2n) is 21.3. The van der Waals surface area contributed by atoms with Crippen LogP contribution in [0, 0.1) is 0 Å². The zero-order chi connectivity index (χ0) is 53.8. The number of benzene rings is 14. The first kappa shape index (κ1) is 48.1. The molecule has 81 heavy (non-hydrogen) atoms. The zero-order valence-electron chi connectivity index (χ0n) is 43.8. The number of aromatic nitrogens is 2. The normalized spacial score (nSPS) is 12.3. The lowest BCUT2D eigenvalue weighted by Crippen LogP contribution is -2.25. The summed E-state index contributed by atoms with van der Waals surface area (Å²) in [4.78, 5) is 5.54. The average molecular weight is 1100 g/mol. The molecule has 0 radical (unpaired) electrons. The van der Waals surface area contributed by atoms with Gasteiger partial charge in [-0.15, -0.1) is 0 Å². The zero-order valence-corrected chi connectivity index (χ0v) is 47.2. The molecular formula is C75H48N2P2S2. The molecule has 6 heteroatoms. The van der Waals surface area contributed by atoms with Crippen LogP contribution in [0.25, 0.3) is 114 Å². The minimum absolute atomic E-state index is 0.949. The summed E-state index contributed by atoms with van der Waals surface area (Å²) in [6, 6.07) is 102. The Morgan fingerprint density at radius 2 is 0.753 bits per heavy atom. The van der Waals surface area contributed by atoms with Gasteiger partial charge >= 0.3 is 0 Å². The van der Waals surface area contributed by atoms with E-state index in [1.54, 1.807) is 0 Å². The molecule has 380 valence electrons. The molecule has 0 unspecified atom stereocenters. The highest BCUT2D eigenvalue weighted by atomic mass is 32.4. The fraction of sp³-hybridized carbons (Fsp3) is 0. The van der Waals surface area contributed by atoms with Gasteiger partial charge in [0.15, 0.2) is 0 Å². The van der Waals surface area contributed by atoms with Gasteiger partial charge in [-0.1, -0.05) is 272 Å². The molecule has 0 aliphatic heterocycles. The summed E-state index contributed by atoms with van der Waals surface area (Å²) in [5, 5.41) is 22.6. The maximum atomic E-state index is 7.07. The molecule has 0 N–H and O–H groups in total. The van der Waals surface area contributed by atoms with Gasteiger partial charge < -0.3 is 0 Å². The molecule has 0 saturated carbocycles. The third-order valence-electron chi connectivity index (χ3n) is 16.8. The summed E-state index contributed by atoms with van der Waals surface area (Å²) in [6.45, 7) is 0. The van der Waals surface area contributed by atoms with Crippen LogP contribution in [-0.4, -0.2) is 9.38 Å². The summed E-state index contributed by atoms with van der Waals surface area (Å²) in [5.41, 5.74) is 8.65. The molecular weight excluding hydrogens is 1050 g/mol. The SMILES string of the molecule is S=P(c1ccc2ccccc2c1)(c1ccc2ccccc2c1)c1ccc2cc(-c3ccc4nc5c6c7ccccc7ccc6c6ccc(-c7ccc(P(=S)(c8ccccc8)c8ccccc8)c8ccccc78)cc6n5c4c3)ccc2c1. The molecule has 0 atom stereocenters. The number of nitrogens with zero attached hydrogens (tertiary/aromatic N) is 2. The fourth-order valence-corrected chi connectivity index (χ4v) is 20.6. The largest absolute Gasteiger partial charge is 0.292 e. The van der Waals surface area contributed by atoms with E-state index < -0.39 is 12.1 Å². The topological polar surface area (TPSA) is 17.3 Å². The van der Waals surface area contributed by atoms with Gasteiger partial charge in [0, 0.05) is 28.2 Å². The van der Waals surface area contributed by atoms with Crippen LogP contribution in [0.2, 0.25) is 0 Å². The van der Waals surface area contributed by atoms with Gasteiger partial charge in [-0.25, -0.2) is 4.98 Å². The third-order valence-corrected chi connectivity index (χ3v) is 26.7. The van der Waals surface area contributed by atoms with Gasteiger partial charge in [-0.05, 0) is 150 Å². The minimum Gasteiger partial charge on any atom is -0.292 e. The molecule has 0 fully saturated rings.